The first kappa shape index (κ1) is 24.0. The zero-order valence-corrected chi connectivity index (χ0v) is 19.3. The summed E-state index contributed by atoms with van der Waals surface area (Å²) in [6, 6.07) is 14.4. The first-order valence-electron chi connectivity index (χ1n) is 10.6. The number of morpholine rings is 1. The Morgan fingerprint density at radius 2 is 1.58 bits per heavy atom. The molecule has 0 unspecified atom stereocenters. The number of carbonyl (C=O) groups is 1. The Morgan fingerprint density at radius 3 is 2.10 bits per heavy atom. The zero-order chi connectivity index (χ0) is 22.5. The number of benzene rings is 2. The lowest BCUT2D eigenvalue weighted by molar-refractivity contribution is -0.183. The molecule has 5 atom stereocenters. The van der Waals surface area contributed by atoms with Gasteiger partial charge < -0.3 is 19.8 Å². The predicted molar refractivity (Wildman–Crippen MR) is 122 cm³/mol. The van der Waals surface area contributed by atoms with Crippen LogP contribution in [0.1, 0.15) is 56.4 Å². The van der Waals surface area contributed by atoms with E-state index in [1.165, 1.54) is 0 Å². The van der Waals surface area contributed by atoms with E-state index in [2.05, 4.69) is 6.92 Å². The average molecular weight is 466 g/mol. The number of aliphatic hydroxyl groups excluding tert-OH is 2. The minimum absolute atomic E-state index is 0.0299. The van der Waals surface area contributed by atoms with Crippen molar-refractivity contribution in [1.82, 2.24) is 4.90 Å². The quantitative estimate of drug-likeness (QED) is 0.579. The van der Waals surface area contributed by atoms with Crippen LogP contribution in [0.4, 0.5) is 0 Å². The SMILES string of the molecule is CCC[C@H](C)N1C(=O)[C@@H](C[C@@H](O)CO)O[C@H](c2ccc(Cl)cc2)[C@@H]1c1ccc(Cl)cc1. The first-order chi connectivity index (χ1) is 14.8. The number of ether oxygens (including phenoxy) is 1. The molecule has 2 aromatic carbocycles. The molecule has 1 aliphatic rings. The number of rotatable bonds is 8. The minimum Gasteiger partial charge on any atom is -0.394 e. The van der Waals surface area contributed by atoms with Crippen molar-refractivity contribution in [2.24, 2.45) is 0 Å². The van der Waals surface area contributed by atoms with Gasteiger partial charge in [-0.1, -0.05) is 60.8 Å². The highest BCUT2D eigenvalue weighted by Crippen LogP contribution is 2.44. The predicted octanol–water partition coefficient (Wildman–Crippen LogP) is 4.94. The van der Waals surface area contributed by atoms with Gasteiger partial charge in [-0.3, -0.25) is 4.79 Å². The zero-order valence-electron chi connectivity index (χ0n) is 17.7. The molecule has 0 aromatic heterocycles. The van der Waals surface area contributed by atoms with Gasteiger partial charge in [0, 0.05) is 22.5 Å². The second-order valence-electron chi connectivity index (χ2n) is 8.05. The molecule has 0 aliphatic carbocycles. The largest absolute Gasteiger partial charge is 0.394 e. The summed E-state index contributed by atoms with van der Waals surface area (Å²) in [5.74, 6) is -0.182. The van der Waals surface area contributed by atoms with Gasteiger partial charge in [0.05, 0.1) is 18.8 Å². The second-order valence-corrected chi connectivity index (χ2v) is 8.92. The van der Waals surface area contributed by atoms with Crippen molar-refractivity contribution in [2.45, 2.75) is 63.5 Å². The fourth-order valence-corrected chi connectivity index (χ4v) is 4.45. The van der Waals surface area contributed by atoms with Crippen LogP contribution >= 0.6 is 23.2 Å². The van der Waals surface area contributed by atoms with E-state index in [9.17, 15) is 15.0 Å². The summed E-state index contributed by atoms with van der Waals surface area (Å²) < 4.78 is 6.31. The topological polar surface area (TPSA) is 70.0 Å². The maximum atomic E-state index is 13.5. The number of hydrogen-bond acceptors (Lipinski definition) is 4. The van der Waals surface area contributed by atoms with Gasteiger partial charge in [0.2, 0.25) is 0 Å². The van der Waals surface area contributed by atoms with Crippen molar-refractivity contribution in [3.05, 3.63) is 69.7 Å². The third-order valence-corrected chi connectivity index (χ3v) is 6.22. The van der Waals surface area contributed by atoms with Crippen LogP contribution in [0.5, 0.6) is 0 Å². The molecule has 5 nitrogen and oxygen atoms in total. The van der Waals surface area contributed by atoms with Crippen LogP contribution in [0.25, 0.3) is 0 Å². The Morgan fingerprint density at radius 1 is 1.03 bits per heavy atom. The molecule has 0 spiro atoms. The van der Waals surface area contributed by atoms with E-state index in [4.69, 9.17) is 27.9 Å². The van der Waals surface area contributed by atoms with Crippen LogP contribution < -0.4 is 0 Å². The normalized spacial score (nSPS) is 23.6. The summed E-state index contributed by atoms with van der Waals surface area (Å²) in [5, 5.41) is 20.6. The summed E-state index contributed by atoms with van der Waals surface area (Å²) in [6.07, 6.45) is -0.567. The maximum Gasteiger partial charge on any atom is 0.252 e. The van der Waals surface area contributed by atoms with Gasteiger partial charge in [-0.05, 0) is 48.7 Å². The highest BCUT2D eigenvalue weighted by atomic mass is 35.5. The smallest absolute Gasteiger partial charge is 0.252 e. The first-order valence-corrected chi connectivity index (χ1v) is 11.4. The summed E-state index contributed by atoms with van der Waals surface area (Å²) >= 11 is 12.2. The maximum absolute atomic E-state index is 13.5. The van der Waals surface area contributed by atoms with Crippen LogP contribution in [-0.2, 0) is 9.53 Å². The van der Waals surface area contributed by atoms with E-state index in [0.717, 1.165) is 24.0 Å². The number of halogens is 2. The third kappa shape index (κ3) is 5.60. The van der Waals surface area contributed by atoms with Gasteiger partial charge in [-0.15, -0.1) is 0 Å². The van der Waals surface area contributed by atoms with Crippen LogP contribution in [0.2, 0.25) is 10.0 Å². The molecule has 168 valence electrons. The number of carbonyl (C=O) groups excluding carboxylic acids is 1. The lowest BCUT2D eigenvalue weighted by Crippen LogP contribution is -2.54. The standard InChI is InChI=1S/C24H29Cl2NO4/c1-3-4-15(2)27-22(16-5-9-18(25)10-6-16)23(17-7-11-19(26)12-8-17)31-21(24(27)30)13-20(29)14-28/h5-12,15,20-23,28-29H,3-4,13-14H2,1-2H3/t15-,20+,21+,22-,23+/m0/s1. The fraction of sp³-hybridized carbons (Fsp3) is 0.458. The van der Waals surface area contributed by atoms with Gasteiger partial charge in [-0.25, -0.2) is 0 Å². The second kappa shape index (κ2) is 10.8. The summed E-state index contributed by atoms with van der Waals surface area (Å²) in [7, 11) is 0. The van der Waals surface area contributed by atoms with Crippen molar-refractivity contribution >= 4 is 29.1 Å². The molecule has 7 heteroatoms. The van der Waals surface area contributed by atoms with Crippen molar-refractivity contribution in [1.29, 1.82) is 0 Å². The molecule has 1 fully saturated rings. The van der Waals surface area contributed by atoms with Crippen molar-refractivity contribution in [3.63, 3.8) is 0 Å². The lowest BCUT2D eigenvalue weighted by Gasteiger charge is -2.48. The molecule has 1 heterocycles. The van der Waals surface area contributed by atoms with Crippen molar-refractivity contribution < 1.29 is 19.7 Å². The molecule has 1 amide bonds. The van der Waals surface area contributed by atoms with Gasteiger partial charge >= 0.3 is 0 Å². The number of nitrogens with zero attached hydrogens (tertiary/aromatic N) is 1. The molecule has 1 saturated heterocycles. The van der Waals surface area contributed by atoms with E-state index < -0.39 is 24.9 Å². The summed E-state index contributed by atoms with van der Waals surface area (Å²) in [6.45, 7) is 3.69. The van der Waals surface area contributed by atoms with E-state index in [1.807, 2.05) is 48.2 Å². The summed E-state index contributed by atoms with van der Waals surface area (Å²) in [5.41, 5.74) is 1.80. The highest BCUT2D eigenvalue weighted by molar-refractivity contribution is 6.30. The minimum atomic E-state index is -1.03. The Bertz CT molecular complexity index is 859. The molecule has 0 saturated carbocycles. The van der Waals surface area contributed by atoms with Gasteiger partial charge in [0.1, 0.15) is 12.2 Å². The number of amides is 1. The molecule has 3 rings (SSSR count). The molecule has 0 radical (unpaired) electrons. The van der Waals surface area contributed by atoms with Crippen LogP contribution in [0, 0.1) is 0 Å². The van der Waals surface area contributed by atoms with Crippen LogP contribution in [0.3, 0.4) is 0 Å². The number of aliphatic hydroxyl groups is 2. The fourth-order valence-electron chi connectivity index (χ4n) is 4.19. The number of hydrogen-bond donors (Lipinski definition) is 2. The Hall–Kier alpha value is -1.63. The van der Waals surface area contributed by atoms with E-state index in [1.54, 1.807) is 12.1 Å². The molecule has 2 aromatic rings. The summed E-state index contributed by atoms with van der Waals surface area (Å²) in [4.78, 5) is 15.4. The molecule has 0 bridgehead atoms. The van der Waals surface area contributed by atoms with Gasteiger partial charge in [0.25, 0.3) is 5.91 Å². The van der Waals surface area contributed by atoms with Crippen molar-refractivity contribution in [3.8, 4) is 0 Å². The average Bonchev–Trinajstić information content (AvgIpc) is 2.76. The highest BCUT2D eigenvalue weighted by Gasteiger charge is 2.46. The lowest BCUT2D eigenvalue weighted by atomic mass is 9.89. The monoisotopic (exact) mass is 465 g/mol. The Kier molecular flexibility index (Phi) is 8.36. The van der Waals surface area contributed by atoms with Crippen molar-refractivity contribution in [2.75, 3.05) is 6.61 Å². The molecule has 31 heavy (non-hydrogen) atoms. The molecular formula is C24H29Cl2NO4. The van der Waals surface area contributed by atoms with Gasteiger partial charge in [0.15, 0.2) is 0 Å². The molecular weight excluding hydrogens is 437 g/mol. The molecule has 2 N–H and O–H groups in total. The molecule has 1 aliphatic heterocycles. The van der Waals surface area contributed by atoms with E-state index in [-0.39, 0.29) is 24.4 Å². The van der Waals surface area contributed by atoms with E-state index in [0.29, 0.717) is 10.0 Å². The third-order valence-electron chi connectivity index (χ3n) is 5.72. The Labute approximate surface area is 193 Å². The Balaban J connectivity index is 2.10. The van der Waals surface area contributed by atoms with Gasteiger partial charge in [-0.2, -0.15) is 0 Å². The van der Waals surface area contributed by atoms with E-state index >= 15 is 0 Å². The van der Waals surface area contributed by atoms with Crippen LogP contribution in [0.15, 0.2) is 48.5 Å². The van der Waals surface area contributed by atoms with Crippen LogP contribution in [-0.4, -0.2) is 45.9 Å².